The van der Waals surface area contributed by atoms with E-state index >= 15 is 0 Å². The first-order valence-electron chi connectivity index (χ1n) is 5.68. The number of benzene rings is 1. The van der Waals surface area contributed by atoms with Gasteiger partial charge in [0.1, 0.15) is 11.6 Å². The molecule has 0 radical (unpaired) electrons. The Morgan fingerprint density at radius 1 is 1.37 bits per heavy atom. The number of aromatic nitrogens is 1. The van der Waals surface area contributed by atoms with Gasteiger partial charge in [0.05, 0.1) is 5.69 Å². The molecule has 1 heterocycles. The van der Waals surface area contributed by atoms with Crippen LogP contribution >= 0.6 is 11.8 Å². The van der Waals surface area contributed by atoms with Crippen molar-refractivity contribution in [1.82, 2.24) is 4.98 Å². The number of hydrogen-bond donors (Lipinski definition) is 2. The average molecular weight is 281 g/mol. The van der Waals surface area contributed by atoms with Gasteiger partial charge >= 0.3 is 7.12 Å². The smallest absolute Gasteiger partial charge is 0.437 e. The van der Waals surface area contributed by atoms with Gasteiger partial charge in [0.15, 0.2) is 0 Å². The Morgan fingerprint density at radius 3 is 2.68 bits per heavy atom. The van der Waals surface area contributed by atoms with Crippen LogP contribution in [0.15, 0.2) is 27.8 Å². The van der Waals surface area contributed by atoms with E-state index in [-0.39, 0.29) is 5.46 Å². The summed E-state index contributed by atoms with van der Waals surface area (Å²) in [4.78, 5) is 4.21. The first kappa shape index (κ1) is 14.1. The third kappa shape index (κ3) is 3.37. The quantitative estimate of drug-likeness (QED) is 0.655. The Labute approximate surface area is 114 Å². The lowest BCUT2D eigenvalue weighted by Gasteiger charge is -2.07. The summed E-state index contributed by atoms with van der Waals surface area (Å²) >= 11 is 1.32. The molecule has 7 heteroatoms. The molecule has 1 aromatic carbocycles. The maximum Gasteiger partial charge on any atom is 0.488 e. The SMILES string of the molecule is Cc1nc(SCc2ccc(F)cc2B(O)O)oc1C. The van der Waals surface area contributed by atoms with Crippen molar-refractivity contribution in [1.29, 1.82) is 0 Å². The summed E-state index contributed by atoms with van der Waals surface area (Å²) in [6, 6.07) is 3.93. The highest BCUT2D eigenvalue weighted by Crippen LogP contribution is 2.23. The zero-order chi connectivity index (χ0) is 14.0. The number of aryl methyl sites for hydroxylation is 2. The van der Waals surface area contributed by atoms with E-state index in [1.165, 1.54) is 23.9 Å². The zero-order valence-corrected chi connectivity index (χ0v) is 11.4. The third-order valence-electron chi connectivity index (χ3n) is 2.75. The van der Waals surface area contributed by atoms with E-state index in [0.29, 0.717) is 16.5 Å². The number of nitrogens with zero attached hydrogens (tertiary/aromatic N) is 1. The van der Waals surface area contributed by atoms with Crippen molar-refractivity contribution in [2.75, 3.05) is 0 Å². The molecule has 1 aromatic heterocycles. The lowest BCUT2D eigenvalue weighted by Crippen LogP contribution is -2.33. The Kier molecular flexibility index (Phi) is 4.29. The summed E-state index contributed by atoms with van der Waals surface area (Å²) in [5, 5.41) is 18.9. The van der Waals surface area contributed by atoms with Crippen molar-refractivity contribution < 1.29 is 18.9 Å². The summed E-state index contributed by atoms with van der Waals surface area (Å²) < 4.78 is 18.5. The molecule has 2 N–H and O–H groups in total. The molecule has 0 saturated carbocycles. The molecule has 0 spiro atoms. The van der Waals surface area contributed by atoms with E-state index < -0.39 is 12.9 Å². The van der Waals surface area contributed by atoms with Gasteiger partial charge in [-0.2, -0.15) is 0 Å². The highest BCUT2D eigenvalue weighted by molar-refractivity contribution is 7.98. The first-order valence-corrected chi connectivity index (χ1v) is 6.67. The fourth-order valence-corrected chi connectivity index (χ4v) is 2.51. The van der Waals surface area contributed by atoms with Crippen LogP contribution in [-0.2, 0) is 5.75 Å². The number of thioether (sulfide) groups is 1. The fraction of sp³-hybridized carbons (Fsp3) is 0.250. The topological polar surface area (TPSA) is 66.5 Å². The first-order chi connectivity index (χ1) is 8.97. The van der Waals surface area contributed by atoms with E-state index in [2.05, 4.69) is 4.98 Å². The van der Waals surface area contributed by atoms with Crippen LogP contribution in [0.25, 0.3) is 0 Å². The average Bonchev–Trinajstić information content (AvgIpc) is 2.67. The van der Waals surface area contributed by atoms with E-state index in [1.807, 2.05) is 13.8 Å². The second kappa shape index (κ2) is 5.77. The van der Waals surface area contributed by atoms with Crippen LogP contribution in [0.5, 0.6) is 0 Å². The van der Waals surface area contributed by atoms with Gasteiger partial charge in [-0.05, 0) is 37.0 Å². The van der Waals surface area contributed by atoms with Crippen LogP contribution < -0.4 is 5.46 Å². The predicted octanol–water partition coefficient (Wildman–Crippen LogP) is 1.40. The molecule has 2 aromatic rings. The maximum absolute atomic E-state index is 13.1. The van der Waals surface area contributed by atoms with Gasteiger partial charge in [-0.3, -0.25) is 0 Å². The van der Waals surface area contributed by atoms with E-state index in [0.717, 1.165) is 17.5 Å². The molecule has 19 heavy (non-hydrogen) atoms. The summed E-state index contributed by atoms with van der Waals surface area (Å²) in [6.45, 7) is 3.68. The van der Waals surface area contributed by atoms with Crippen LogP contribution in [0.3, 0.4) is 0 Å². The van der Waals surface area contributed by atoms with Crippen LogP contribution in [0.4, 0.5) is 4.39 Å². The molecule has 100 valence electrons. The molecule has 4 nitrogen and oxygen atoms in total. The molecule has 0 aliphatic carbocycles. The van der Waals surface area contributed by atoms with Gasteiger partial charge in [-0.1, -0.05) is 17.8 Å². The minimum atomic E-state index is -1.70. The van der Waals surface area contributed by atoms with Crippen molar-refractivity contribution >= 4 is 24.3 Å². The van der Waals surface area contributed by atoms with Gasteiger partial charge in [-0.25, -0.2) is 9.37 Å². The highest BCUT2D eigenvalue weighted by Gasteiger charge is 2.17. The van der Waals surface area contributed by atoms with E-state index in [9.17, 15) is 14.4 Å². The van der Waals surface area contributed by atoms with Crippen LogP contribution in [0.1, 0.15) is 17.0 Å². The highest BCUT2D eigenvalue weighted by atomic mass is 32.2. The minimum Gasteiger partial charge on any atom is -0.437 e. The fourth-order valence-electron chi connectivity index (χ4n) is 1.58. The molecular weight excluding hydrogens is 268 g/mol. The van der Waals surface area contributed by atoms with Crippen LogP contribution in [0, 0.1) is 19.7 Å². The van der Waals surface area contributed by atoms with Crippen molar-refractivity contribution in [3.63, 3.8) is 0 Å². The zero-order valence-electron chi connectivity index (χ0n) is 10.6. The lowest BCUT2D eigenvalue weighted by molar-refractivity contribution is 0.424. The van der Waals surface area contributed by atoms with Gasteiger partial charge < -0.3 is 14.5 Å². The molecule has 0 fully saturated rings. The van der Waals surface area contributed by atoms with E-state index in [4.69, 9.17) is 4.42 Å². The lowest BCUT2D eigenvalue weighted by atomic mass is 9.77. The molecule has 0 unspecified atom stereocenters. The summed E-state index contributed by atoms with van der Waals surface area (Å²) in [5.74, 6) is 0.677. The number of oxazole rings is 1. The Balaban J connectivity index is 2.15. The molecule has 0 aliphatic heterocycles. The molecule has 0 bridgehead atoms. The Morgan fingerprint density at radius 2 is 2.11 bits per heavy atom. The molecular formula is C12H13BFNO3S. The molecule has 0 atom stereocenters. The number of hydrogen-bond acceptors (Lipinski definition) is 5. The largest absolute Gasteiger partial charge is 0.488 e. The maximum atomic E-state index is 13.1. The van der Waals surface area contributed by atoms with Gasteiger partial charge in [-0.15, -0.1) is 0 Å². The van der Waals surface area contributed by atoms with Crippen molar-refractivity contribution in [2.24, 2.45) is 0 Å². The second-order valence-electron chi connectivity index (χ2n) is 4.13. The Bertz CT molecular complexity index is 569. The summed E-state index contributed by atoms with van der Waals surface area (Å²) in [7, 11) is -1.70. The number of halogens is 1. The number of rotatable bonds is 4. The van der Waals surface area contributed by atoms with Gasteiger partial charge in [0.2, 0.25) is 0 Å². The van der Waals surface area contributed by atoms with Gasteiger partial charge in [0, 0.05) is 5.75 Å². The van der Waals surface area contributed by atoms with Crippen molar-refractivity contribution in [3.8, 4) is 0 Å². The summed E-state index contributed by atoms with van der Waals surface area (Å²) in [5.41, 5.74) is 1.62. The molecule has 2 rings (SSSR count). The van der Waals surface area contributed by atoms with Gasteiger partial charge in [0.25, 0.3) is 5.22 Å². The third-order valence-corrected chi connectivity index (χ3v) is 3.62. The molecule has 0 aliphatic rings. The van der Waals surface area contributed by atoms with E-state index in [1.54, 1.807) is 0 Å². The normalized spacial score (nSPS) is 10.8. The molecule has 0 amide bonds. The molecule has 0 saturated heterocycles. The summed E-state index contributed by atoms with van der Waals surface area (Å²) in [6.07, 6.45) is 0. The van der Waals surface area contributed by atoms with Crippen LogP contribution in [0.2, 0.25) is 0 Å². The predicted molar refractivity (Wildman–Crippen MR) is 71.8 cm³/mol. The standard InChI is InChI=1S/C12H13BFNO3S/c1-7-8(2)18-12(15-7)19-6-9-3-4-10(14)5-11(9)13(16)17/h3-5,16-17H,6H2,1-2H3. The minimum absolute atomic E-state index is 0.160. The monoisotopic (exact) mass is 281 g/mol. The Hall–Kier alpha value is -1.31. The van der Waals surface area contributed by atoms with Crippen molar-refractivity contribution in [3.05, 3.63) is 41.0 Å². The van der Waals surface area contributed by atoms with Crippen LogP contribution in [-0.4, -0.2) is 22.2 Å². The second-order valence-corrected chi connectivity index (χ2v) is 5.05. The van der Waals surface area contributed by atoms with Crippen molar-refractivity contribution in [2.45, 2.75) is 24.8 Å².